The molecule has 2 aromatic heterocycles. The minimum atomic E-state index is 0.942. The molecule has 0 unspecified atom stereocenters. The number of rotatable bonds is 3. The van der Waals surface area contributed by atoms with Crippen molar-refractivity contribution in [1.29, 1.82) is 0 Å². The minimum absolute atomic E-state index is 0.942. The highest BCUT2D eigenvalue weighted by Gasteiger charge is 2.19. The van der Waals surface area contributed by atoms with Gasteiger partial charge in [-0.3, -0.25) is 0 Å². The van der Waals surface area contributed by atoms with Crippen molar-refractivity contribution in [3.8, 4) is 33.4 Å². The summed E-state index contributed by atoms with van der Waals surface area (Å²) in [6, 6.07) is 52.4. The van der Waals surface area contributed by atoms with Gasteiger partial charge in [-0.2, -0.15) is 0 Å². The summed E-state index contributed by atoms with van der Waals surface area (Å²) >= 11 is 1.82. The third-order valence-corrected chi connectivity index (χ3v) is 9.66. The van der Waals surface area contributed by atoms with Crippen LogP contribution < -0.4 is 0 Å². The lowest BCUT2D eigenvalue weighted by molar-refractivity contribution is 0.673. The zero-order valence-corrected chi connectivity index (χ0v) is 23.5. The molecule has 0 aliphatic carbocycles. The van der Waals surface area contributed by atoms with Crippen molar-refractivity contribution in [2.45, 2.75) is 0 Å². The largest absolute Gasteiger partial charge is 0.454 e. The Kier molecular flexibility index (Phi) is 5.13. The highest BCUT2D eigenvalue weighted by Crippen LogP contribution is 2.46. The third kappa shape index (κ3) is 3.43. The highest BCUT2D eigenvalue weighted by molar-refractivity contribution is 7.26. The van der Waals surface area contributed by atoms with Gasteiger partial charge in [-0.25, -0.2) is 0 Å². The quantitative estimate of drug-likeness (QED) is 0.199. The summed E-state index contributed by atoms with van der Waals surface area (Å²) in [5.74, 6) is 0. The van der Waals surface area contributed by atoms with Crippen molar-refractivity contribution in [2.75, 3.05) is 0 Å². The lowest BCUT2D eigenvalue weighted by Gasteiger charge is -2.18. The first-order chi connectivity index (χ1) is 20.8. The summed E-state index contributed by atoms with van der Waals surface area (Å²) in [6.45, 7) is 0. The zero-order chi connectivity index (χ0) is 27.6. The van der Waals surface area contributed by atoms with Gasteiger partial charge in [0.1, 0.15) is 5.58 Å². The van der Waals surface area contributed by atoms with Crippen molar-refractivity contribution in [2.24, 2.45) is 0 Å². The second-order valence-corrected chi connectivity index (χ2v) is 11.9. The Hall–Kier alpha value is -5.18. The van der Waals surface area contributed by atoms with E-state index in [1.807, 2.05) is 11.3 Å². The van der Waals surface area contributed by atoms with Crippen LogP contribution in [0.1, 0.15) is 0 Å². The molecule has 0 N–H and O–H groups in total. The molecule has 0 bridgehead atoms. The van der Waals surface area contributed by atoms with Crippen LogP contribution in [0.2, 0.25) is 0 Å². The first-order valence-electron chi connectivity index (χ1n) is 14.3. The number of hydrogen-bond acceptors (Lipinski definition) is 2. The van der Waals surface area contributed by atoms with Gasteiger partial charge in [0.2, 0.25) is 0 Å². The van der Waals surface area contributed by atoms with E-state index >= 15 is 0 Å². The number of hydrogen-bond donors (Lipinski definition) is 0. The van der Waals surface area contributed by atoms with Crippen molar-refractivity contribution in [3.63, 3.8) is 0 Å². The SMILES string of the molecule is c1ccc(-c2c3ccccc3c(-c3ccc(-c4cccc5oc6c7ccccc7sc6c45)cc3)c3ccccc23)cc1. The third-order valence-electron chi connectivity index (χ3n) is 8.49. The van der Waals surface area contributed by atoms with Crippen molar-refractivity contribution in [3.05, 3.63) is 146 Å². The molecule has 0 saturated carbocycles. The fraction of sp³-hybridized carbons (Fsp3) is 0. The average molecular weight is 553 g/mol. The fourth-order valence-corrected chi connectivity index (χ4v) is 7.85. The molecule has 42 heavy (non-hydrogen) atoms. The van der Waals surface area contributed by atoms with Gasteiger partial charge in [0.15, 0.2) is 5.58 Å². The Balaban J connectivity index is 1.26. The minimum Gasteiger partial charge on any atom is -0.454 e. The molecule has 2 heteroatoms. The molecule has 0 aliphatic rings. The number of fused-ring (bicyclic) bond motifs is 7. The van der Waals surface area contributed by atoms with E-state index in [1.165, 1.54) is 75.1 Å². The van der Waals surface area contributed by atoms with Crippen LogP contribution in [-0.2, 0) is 0 Å². The topological polar surface area (TPSA) is 13.1 Å². The van der Waals surface area contributed by atoms with Crippen LogP contribution in [0.4, 0.5) is 0 Å². The lowest BCUT2D eigenvalue weighted by Crippen LogP contribution is -1.90. The zero-order valence-electron chi connectivity index (χ0n) is 22.7. The summed E-state index contributed by atoms with van der Waals surface area (Å²) in [5, 5.41) is 7.48. The van der Waals surface area contributed by atoms with Crippen LogP contribution in [-0.4, -0.2) is 0 Å². The van der Waals surface area contributed by atoms with Crippen molar-refractivity contribution < 1.29 is 4.42 Å². The van der Waals surface area contributed by atoms with Gasteiger partial charge >= 0.3 is 0 Å². The smallest absolute Gasteiger partial charge is 0.154 e. The Labute approximate surface area is 246 Å². The van der Waals surface area contributed by atoms with Gasteiger partial charge in [-0.1, -0.05) is 127 Å². The molecule has 1 nitrogen and oxygen atoms in total. The van der Waals surface area contributed by atoms with E-state index in [2.05, 4.69) is 146 Å². The standard InChI is InChI=1S/C40H24OS/c1-2-11-26(12-3-1)36-29-13-4-6-15-31(29)37(32-16-7-5-14-30(32)36)27-23-21-25(22-24-27)28-18-10-19-34-38(28)40-39(41-34)33-17-8-9-20-35(33)42-40/h1-24H. The van der Waals surface area contributed by atoms with Gasteiger partial charge in [-0.05, 0) is 73.1 Å². The van der Waals surface area contributed by atoms with Crippen molar-refractivity contribution >= 4 is 64.2 Å². The molecule has 7 aromatic carbocycles. The Bertz CT molecular complexity index is 2390. The van der Waals surface area contributed by atoms with E-state index in [1.54, 1.807) is 0 Å². The number of thiophene rings is 1. The van der Waals surface area contributed by atoms with E-state index in [-0.39, 0.29) is 0 Å². The van der Waals surface area contributed by atoms with E-state index in [4.69, 9.17) is 4.42 Å². The second kappa shape index (κ2) is 9.17. The van der Waals surface area contributed by atoms with Crippen LogP contribution >= 0.6 is 11.3 Å². The van der Waals surface area contributed by atoms with Gasteiger partial charge < -0.3 is 4.42 Å². The summed E-state index contributed by atoms with van der Waals surface area (Å²) in [7, 11) is 0. The first-order valence-corrected chi connectivity index (χ1v) is 15.1. The van der Waals surface area contributed by atoms with Crippen LogP contribution in [0.15, 0.2) is 150 Å². The van der Waals surface area contributed by atoms with E-state index < -0.39 is 0 Å². The average Bonchev–Trinajstić information content (AvgIpc) is 3.60. The molecule has 0 fully saturated rings. The summed E-state index contributed by atoms with van der Waals surface area (Å²) < 4.78 is 8.90. The van der Waals surface area contributed by atoms with Gasteiger partial charge in [0, 0.05) is 15.5 Å². The molecular formula is C40H24OS. The number of furan rings is 1. The monoisotopic (exact) mass is 552 g/mol. The second-order valence-electron chi connectivity index (χ2n) is 10.8. The highest BCUT2D eigenvalue weighted by atomic mass is 32.1. The molecule has 0 radical (unpaired) electrons. The predicted molar refractivity (Wildman–Crippen MR) is 180 cm³/mol. The Morgan fingerprint density at radius 3 is 1.57 bits per heavy atom. The molecule has 0 atom stereocenters. The normalized spacial score (nSPS) is 11.8. The Morgan fingerprint density at radius 1 is 0.405 bits per heavy atom. The van der Waals surface area contributed by atoms with E-state index in [0.29, 0.717) is 0 Å². The molecule has 0 aliphatic heterocycles. The van der Waals surface area contributed by atoms with Crippen LogP contribution in [0, 0.1) is 0 Å². The molecule has 0 amide bonds. The number of benzene rings is 7. The van der Waals surface area contributed by atoms with E-state index in [9.17, 15) is 0 Å². The van der Waals surface area contributed by atoms with Crippen LogP contribution in [0.5, 0.6) is 0 Å². The van der Waals surface area contributed by atoms with Gasteiger partial charge in [-0.15, -0.1) is 11.3 Å². The summed E-state index contributed by atoms with van der Waals surface area (Å²) in [6.07, 6.45) is 0. The molecular weight excluding hydrogens is 529 g/mol. The van der Waals surface area contributed by atoms with Crippen molar-refractivity contribution in [1.82, 2.24) is 0 Å². The maximum atomic E-state index is 6.42. The van der Waals surface area contributed by atoms with Crippen LogP contribution in [0.3, 0.4) is 0 Å². The molecule has 9 rings (SSSR count). The van der Waals surface area contributed by atoms with Gasteiger partial charge in [0.25, 0.3) is 0 Å². The first kappa shape index (κ1) is 23.5. The fourth-order valence-electron chi connectivity index (χ4n) is 6.66. The molecule has 196 valence electrons. The van der Waals surface area contributed by atoms with Crippen LogP contribution in [0.25, 0.3) is 86.3 Å². The summed E-state index contributed by atoms with van der Waals surface area (Å²) in [5.41, 5.74) is 9.37. The predicted octanol–water partition coefficient (Wildman–Crippen LogP) is 12.1. The van der Waals surface area contributed by atoms with Gasteiger partial charge in [0.05, 0.1) is 4.70 Å². The maximum absolute atomic E-state index is 6.42. The molecule has 2 heterocycles. The Morgan fingerprint density at radius 2 is 0.929 bits per heavy atom. The molecule has 9 aromatic rings. The van der Waals surface area contributed by atoms with E-state index in [0.717, 1.165) is 11.2 Å². The summed E-state index contributed by atoms with van der Waals surface area (Å²) in [4.78, 5) is 0. The maximum Gasteiger partial charge on any atom is 0.154 e. The molecule has 0 saturated heterocycles. The lowest BCUT2D eigenvalue weighted by atomic mass is 9.85. The molecule has 0 spiro atoms.